The fourth-order valence-electron chi connectivity index (χ4n) is 5.58. The molecule has 2 amide bonds. The van der Waals surface area contributed by atoms with Crippen LogP contribution >= 0.6 is 0 Å². The van der Waals surface area contributed by atoms with Crippen LogP contribution in [0.25, 0.3) is 11.4 Å². The van der Waals surface area contributed by atoms with E-state index in [9.17, 15) is 22.8 Å². The predicted molar refractivity (Wildman–Crippen MR) is 169 cm³/mol. The number of amides is 2. The first-order valence-electron chi connectivity index (χ1n) is 15.4. The van der Waals surface area contributed by atoms with E-state index >= 15 is 4.39 Å². The van der Waals surface area contributed by atoms with Crippen LogP contribution in [0.2, 0.25) is 0 Å². The molecule has 0 unspecified atom stereocenters. The molecule has 48 heavy (non-hydrogen) atoms. The highest BCUT2D eigenvalue weighted by Gasteiger charge is 2.40. The number of alkyl halides is 3. The molecule has 252 valence electrons. The number of hydrogen-bond donors (Lipinski definition) is 1. The zero-order valence-corrected chi connectivity index (χ0v) is 26.6. The second-order valence-electron chi connectivity index (χ2n) is 11.8. The Hall–Kier alpha value is -5.04. The number of carbonyl (C=O) groups is 2. The van der Waals surface area contributed by atoms with E-state index in [0.29, 0.717) is 12.4 Å². The predicted octanol–water partition coefficient (Wildman–Crippen LogP) is 6.35. The average molecular weight is 666 g/mol. The van der Waals surface area contributed by atoms with Gasteiger partial charge in [0.1, 0.15) is 17.6 Å². The Morgan fingerprint density at radius 3 is 2.25 bits per heavy atom. The first-order valence-corrected chi connectivity index (χ1v) is 15.4. The summed E-state index contributed by atoms with van der Waals surface area (Å²) in [5, 5.41) is 2.94. The highest BCUT2D eigenvalue weighted by molar-refractivity contribution is 5.89. The molecule has 0 radical (unpaired) electrons. The lowest BCUT2D eigenvalue weighted by atomic mass is 10.0. The van der Waals surface area contributed by atoms with E-state index in [-0.39, 0.29) is 54.4 Å². The third-order valence-corrected chi connectivity index (χ3v) is 7.81. The highest BCUT2D eigenvalue weighted by atomic mass is 19.4. The number of nitrogens with one attached hydrogen (secondary N) is 1. The van der Waals surface area contributed by atoms with Crippen molar-refractivity contribution < 1.29 is 36.6 Å². The van der Waals surface area contributed by atoms with Crippen molar-refractivity contribution in [1.82, 2.24) is 25.1 Å². The van der Waals surface area contributed by atoms with Crippen LogP contribution in [0.1, 0.15) is 31.9 Å². The third kappa shape index (κ3) is 8.45. The van der Waals surface area contributed by atoms with E-state index in [1.165, 1.54) is 36.4 Å². The lowest BCUT2D eigenvalue weighted by Crippen LogP contribution is -2.64. The molecule has 1 fully saturated rings. The van der Waals surface area contributed by atoms with Crippen molar-refractivity contribution >= 4 is 11.8 Å². The molecule has 0 saturated carbocycles. The van der Waals surface area contributed by atoms with Gasteiger partial charge >= 0.3 is 6.36 Å². The van der Waals surface area contributed by atoms with Crippen molar-refractivity contribution in [1.29, 1.82) is 0 Å². The van der Waals surface area contributed by atoms with Gasteiger partial charge in [-0.2, -0.15) is 0 Å². The Bertz CT molecular complexity index is 1720. The Kier molecular flexibility index (Phi) is 10.6. The molecule has 3 aromatic carbocycles. The Morgan fingerprint density at radius 1 is 0.917 bits per heavy atom. The molecular formula is C35H35F4N5O4. The molecule has 9 nitrogen and oxygen atoms in total. The lowest BCUT2D eigenvalue weighted by molar-refractivity contribution is -0.275. The normalized spacial score (nSPS) is 16.9. The van der Waals surface area contributed by atoms with Gasteiger partial charge in [-0.1, -0.05) is 56.3 Å². The van der Waals surface area contributed by atoms with Gasteiger partial charge in [0.05, 0.1) is 0 Å². The van der Waals surface area contributed by atoms with E-state index in [4.69, 9.17) is 4.74 Å². The van der Waals surface area contributed by atoms with Crippen LogP contribution in [-0.4, -0.2) is 63.1 Å². The minimum Gasteiger partial charge on any atom is -0.453 e. The quantitative estimate of drug-likeness (QED) is 0.197. The number of benzene rings is 3. The summed E-state index contributed by atoms with van der Waals surface area (Å²) in [7, 11) is 0. The number of aromatic nitrogens is 2. The molecule has 1 N–H and O–H groups in total. The van der Waals surface area contributed by atoms with Crippen molar-refractivity contribution in [2.24, 2.45) is 5.92 Å². The summed E-state index contributed by atoms with van der Waals surface area (Å²) >= 11 is 0. The maximum Gasteiger partial charge on any atom is 0.573 e. The van der Waals surface area contributed by atoms with Gasteiger partial charge in [0.15, 0.2) is 17.3 Å². The number of nitrogens with zero attached hydrogens (tertiary/aromatic N) is 4. The van der Waals surface area contributed by atoms with Gasteiger partial charge in [0.2, 0.25) is 11.8 Å². The van der Waals surface area contributed by atoms with E-state index in [1.54, 1.807) is 37.2 Å². The summed E-state index contributed by atoms with van der Waals surface area (Å²) in [5.41, 5.74) is 1.73. The van der Waals surface area contributed by atoms with Crippen molar-refractivity contribution in [3.05, 3.63) is 102 Å². The first kappa shape index (κ1) is 34.3. The molecule has 1 saturated heterocycles. The Balaban J connectivity index is 1.34. The number of para-hydroxylation sites is 2. The summed E-state index contributed by atoms with van der Waals surface area (Å²) in [6, 6.07) is 17.1. The standard InChI is InChI=1S/C35H35F4N5O4/c1-22(2)34(46)44-23(3)19-43(21-28(44)33(45)42-18-24-12-14-25(15-13-24)32-40-16-7-17-41-32)20-26-27(36)8-6-11-29(26)47-30-9-4-5-10-31(30)48-35(37,38)39/h4-17,22-23,28H,18-21H2,1-3H3,(H,42,45)/t23-,28-/m1/s1. The number of ether oxygens (including phenoxy) is 2. The molecular weight excluding hydrogens is 630 g/mol. The SMILES string of the molecule is CC(C)C(=O)N1[C@H](C)CN(Cc2c(F)cccc2Oc2ccccc2OC(F)(F)F)C[C@@H]1C(=O)NCc1ccc(-c2ncccn2)cc1. The fraction of sp³-hybridized carbons (Fsp3) is 0.314. The van der Waals surface area contributed by atoms with Gasteiger partial charge in [-0.05, 0) is 42.8 Å². The third-order valence-electron chi connectivity index (χ3n) is 7.81. The minimum atomic E-state index is -4.95. The van der Waals surface area contributed by atoms with Crippen LogP contribution < -0.4 is 14.8 Å². The monoisotopic (exact) mass is 665 g/mol. The van der Waals surface area contributed by atoms with Crippen molar-refractivity contribution in [2.45, 2.75) is 52.3 Å². The Labute approximate surface area is 275 Å². The zero-order chi connectivity index (χ0) is 34.4. The molecule has 0 spiro atoms. The van der Waals surface area contributed by atoms with Crippen LogP contribution in [-0.2, 0) is 22.7 Å². The number of carbonyl (C=O) groups excluding carboxylic acids is 2. The van der Waals surface area contributed by atoms with Gasteiger partial charge < -0.3 is 19.7 Å². The maximum absolute atomic E-state index is 15.3. The average Bonchev–Trinajstić information content (AvgIpc) is 3.05. The summed E-state index contributed by atoms with van der Waals surface area (Å²) < 4.78 is 64.2. The van der Waals surface area contributed by atoms with Crippen LogP contribution in [0.3, 0.4) is 0 Å². The van der Waals surface area contributed by atoms with E-state index in [1.807, 2.05) is 36.1 Å². The smallest absolute Gasteiger partial charge is 0.453 e. The number of piperazine rings is 1. The summed E-state index contributed by atoms with van der Waals surface area (Å²) in [6.45, 7) is 5.91. The number of hydrogen-bond acceptors (Lipinski definition) is 7. The molecule has 1 aliphatic rings. The Morgan fingerprint density at radius 2 is 1.58 bits per heavy atom. The molecule has 4 aromatic rings. The molecule has 1 aromatic heterocycles. The summed E-state index contributed by atoms with van der Waals surface area (Å²) in [6.07, 6.45) is -1.65. The van der Waals surface area contributed by atoms with Crippen molar-refractivity contribution in [2.75, 3.05) is 13.1 Å². The van der Waals surface area contributed by atoms with E-state index in [2.05, 4.69) is 20.0 Å². The molecule has 13 heteroatoms. The molecule has 0 aliphatic carbocycles. The highest BCUT2D eigenvalue weighted by Crippen LogP contribution is 2.37. The molecule has 2 heterocycles. The van der Waals surface area contributed by atoms with Gasteiger partial charge in [0, 0.05) is 61.7 Å². The zero-order valence-electron chi connectivity index (χ0n) is 26.6. The van der Waals surface area contributed by atoms with Crippen molar-refractivity contribution in [3.8, 4) is 28.6 Å². The lowest BCUT2D eigenvalue weighted by Gasteiger charge is -2.45. The van der Waals surface area contributed by atoms with E-state index in [0.717, 1.165) is 17.2 Å². The van der Waals surface area contributed by atoms with Crippen LogP contribution in [0, 0.1) is 11.7 Å². The van der Waals surface area contributed by atoms with Crippen LogP contribution in [0.15, 0.2) is 85.2 Å². The number of rotatable bonds is 10. The topological polar surface area (TPSA) is 96.9 Å². The molecule has 2 atom stereocenters. The van der Waals surface area contributed by atoms with Gasteiger partial charge in [-0.25, -0.2) is 14.4 Å². The molecule has 5 rings (SSSR count). The molecule has 0 bridgehead atoms. The first-order chi connectivity index (χ1) is 22.9. The van der Waals surface area contributed by atoms with Gasteiger partial charge in [-0.3, -0.25) is 14.5 Å². The fourth-order valence-corrected chi connectivity index (χ4v) is 5.58. The van der Waals surface area contributed by atoms with Crippen LogP contribution in [0.5, 0.6) is 17.2 Å². The largest absolute Gasteiger partial charge is 0.573 e. The molecule has 1 aliphatic heterocycles. The van der Waals surface area contributed by atoms with Crippen molar-refractivity contribution in [3.63, 3.8) is 0 Å². The maximum atomic E-state index is 15.3. The summed E-state index contributed by atoms with van der Waals surface area (Å²) in [5.74, 6) is -1.82. The minimum absolute atomic E-state index is 0.00749. The summed E-state index contributed by atoms with van der Waals surface area (Å²) in [4.78, 5) is 38.9. The second-order valence-corrected chi connectivity index (χ2v) is 11.8. The number of halogens is 4. The van der Waals surface area contributed by atoms with Crippen LogP contribution in [0.4, 0.5) is 17.6 Å². The second kappa shape index (κ2) is 14.8. The van der Waals surface area contributed by atoms with Gasteiger partial charge in [0.25, 0.3) is 0 Å². The van der Waals surface area contributed by atoms with E-state index < -0.39 is 30.0 Å². The van der Waals surface area contributed by atoms with Gasteiger partial charge in [-0.15, -0.1) is 13.2 Å².